The second-order valence-corrected chi connectivity index (χ2v) is 5.99. The lowest BCUT2D eigenvalue weighted by molar-refractivity contribution is 0.215. The summed E-state index contributed by atoms with van der Waals surface area (Å²) < 4.78 is 5.26. The molecule has 0 saturated heterocycles. The third-order valence-electron chi connectivity index (χ3n) is 2.61. The third kappa shape index (κ3) is 5.65. The highest BCUT2D eigenvalue weighted by Crippen LogP contribution is 2.36. The summed E-state index contributed by atoms with van der Waals surface area (Å²) in [5.74, 6) is 0. The highest BCUT2D eigenvalue weighted by atomic mass is 32.2. The first-order chi connectivity index (χ1) is 9.72. The smallest absolute Gasteiger partial charge is 0.0860 e. The number of benzene rings is 1. The second-order valence-electron chi connectivity index (χ2n) is 4.03. The van der Waals surface area contributed by atoms with Gasteiger partial charge in [0.2, 0.25) is 0 Å². The largest absolute Gasteiger partial charge is 0.501 e. The van der Waals surface area contributed by atoms with Crippen molar-refractivity contribution in [2.45, 2.75) is 31.3 Å². The molecule has 4 heteroatoms. The normalized spacial score (nSPS) is 14.2. The maximum atomic E-state index is 10.3. The fourth-order valence-electron chi connectivity index (χ4n) is 1.54. The first kappa shape index (κ1) is 17.2. The molecular formula is C16H22O2S2. The van der Waals surface area contributed by atoms with E-state index in [0.717, 1.165) is 14.7 Å². The lowest BCUT2D eigenvalue weighted by atomic mass is 10.2. The quantitative estimate of drug-likeness (QED) is 0.429. The van der Waals surface area contributed by atoms with E-state index in [1.807, 2.05) is 44.4 Å². The summed E-state index contributed by atoms with van der Waals surface area (Å²) in [6, 6.07) is 10.1. The van der Waals surface area contributed by atoms with Gasteiger partial charge in [0, 0.05) is 14.7 Å². The molecule has 1 aromatic rings. The topological polar surface area (TPSA) is 29.5 Å². The van der Waals surface area contributed by atoms with Gasteiger partial charge < -0.3 is 9.84 Å². The molecule has 1 unspecified atom stereocenters. The Morgan fingerprint density at radius 1 is 1.30 bits per heavy atom. The highest BCUT2D eigenvalue weighted by Gasteiger charge is 2.14. The van der Waals surface area contributed by atoms with Crippen molar-refractivity contribution in [2.75, 3.05) is 12.9 Å². The van der Waals surface area contributed by atoms with Gasteiger partial charge in [0.15, 0.2) is 0 Å². The van der Waals surface area contributed by atoms with Crippen LogP contribution in [0.1, 0.15) is 20.3 Å². The van der Waals surface area contributed by atoms with Crippen LogP contribution in [-0.2, 0) is 4.74 Å². The van der Waals surface area contributed by atoms with E-state index in [1.165, 1.54) is 0 Å². The molecule has 1 aromatic carbocycles. The van der Waals surface area contributed by atoms with Gasteiger partial charge in [0.1, 0.15) is 0 Å². The van der Waals surface area contributed by atoms with Crippen LogP contribution in [-0.4, -0.2) is 24.1 Å². The number of thioether (sulfide) groups is 2. The lowest BCUT2D eigenvalue weighted by Crippen LogP contribution is -2.07. The molecule has 2 nitrogen and oxygen atoms in total. The molecule has 0 aromatic heterocycles. The summed E-state index contributed by atoms with van der Waals surface area (Å²) in [6.45, 7) is 4.59. The number of hydrogen-bond acceptors (Lipinski definition) is 4. The van der Waals surface area contributed by atoms with Crippen molar-refractivity contribution < 1.29 is 9.84 Å². The zero-order chi connectivity index (χ0) is 14.8. The minimum atomic E-state index is -0.450. The highest BCUT2D eigenvalue weighted by molar-refractivity contribution is 8.06. The van der Waals surface area contributed by atoms with Crippen molar-refractivity contribution in [3.8, 4) is 0 Å². The van der Waals surface area contributed by atoms with Gasteiger partial charge in [0.05, 0.1) is 19.0 Å². The van der Waals surface area contributed by atoms with Crippen LogP contribution in [0.4, 0.5) is 0 Å². The molecule has 1 rings (SSSR count). The Morgan fingerprint density at radius 3 is 2.55 bits per heavy atom. The van der Waals surface area contributed by atoms with E-state index in [1.54, 1.807) is 29.8 Å². The Hall–Kier alpha value is -0.840. The van der Waals surface area contributed by atoms with Crippen molar-refractivity contribution in [2.24, 2.45) is 0 Å². The summed E-state index contributed by atoms with van der Waals surface area (Å²) in [6.07, 6.45) is 5.88. The minimum Gasteiger partial charge on any atom is -0.501 e. The van der Waals surface area contributed by atoms with E-state index in [2.05, 4.69) is 12.1 Å². The number of ether oxygens (including phenoxy) is 1. The molecule has 0 fully saturated rings. The summed E-state index contributed by atoms with van der Waals surface area (Å²) in [4.78, 5) is 3.15. The Bertz CT molecular complexity index is 441. The molecular weight excluding hydrogens is 288 g/mol. The fourth-order valence-corrected chi connectivity index (χ4v) is 3.46. The molecule has 0 aliphatic heterocycles. The average Bonchev–Trinajstić information content (AvgIpc) is 2.50. The Kier molecular flexibility index (Phi) is 8.58. The minimum absolute atomic E-state index is 0.450. The van der Waals surface area contributed by atoms with E-state index in [9.17, 15) is 5.11 Å². The molecule has 0 aliphatic carbocycles. The van der Waals surface area contributed by atoms with Crippen LogP contribution in [0.3, 0.4) is 0 Å². The molecule has 0 radical (unpaired) electrons. The molecule has 1 N–H and O–H groups in total. The fraction of sp³-hybridized carbons (Fsp3) is 0.375. The van der Waals surface area contributed by atoms with E-state index >= 15 is 0 Å². The maximum absolute atomic E-state index is 10.3. The number of rotatable bonds is 8. The van der Waals surface area contributed by atoms with Gasteiger partial charge in [-0.25, -0.2) is 0 Å². The number of hydrogen-bond donors (Lipinski definition) is 1. The molecule has 0 spiro atoms. The Morgan fingerprint density at radius 2 is 2.00 bits per heavy atom. The summed E-state index contributed by atoms with van der Waals surface area (Å²) in [7, 11) is 0. The standard InChI is InChI=1S/C16H22O2S2/c1-4-14(17)16(15(19-3)11-12-18-5-2)20-13-9-7-6-8-10-13/h6-12,14,17H,4-5H2,1-3H3/b12-11+,16-15+. The molecule has 20 heavy (non-hydrogen) atoms. The Balaban J connectivity index is 3.02. The van der Waals surface area contributed by atoms with Crippen molar-refractivity contribution in [1.29, 1.82) is 0 Å². The van der Waals surface area contributed by atoms with Gasteiger partial charge in [-0.1, -0.05) is 36.9 Å². The number of aliphatic hydroxyl groups is 1. The molecule has 0 heterocycles. The summed E-state index contributed by atoms with van der Waals surface area (Å²) >= 11 is 3.24. The van der Waals surface area contributed by atoms with Crippen molar-refractivity contribution >= 4 is 23.5 Å². The van der Waals surface area contributed by atoms with Crippen LogP contribution in [0, 0.1) is 0 Å². The van der Waals surface area contributed by atoms with E-state index < -0.39 is 6.10 Å². The zero-order valence-corrected chi connectivity index (χ0v) is 13.8. The second kappa shape index (κ2) is 9.97. The number of allylic oxidation sites excluding steroid dienone is 1. The molecule has 0 bridgehead atoms. The lowest BCUT2D eigenvalue weighted by Gasteiger charge is -2.16. The molecule has 0 saturated carbocycles. The SMILES string of the molecule is CCO/C=C/C(SC)=C(\Sc1ccccc1)C(O)CC. The van der Waals surface area contributed by atoms with Gasteiger partial charge in [0.25, 0.3) is 0 Å². The third-order valence-corrected chi connectivity index (χ3v) is 4.75. The maximum Gasteiger partial charge on any atom is 0.0860 e. The zero-order valence-electron chi connectivity index (χ0n) is 12.2. The molecule has 1 atom stereocenters. The first-order valence-electron chi connectivity index (χ1n) is 6.70. The van der Waals surface area contributed by atoms with Gasteiger partial charge in [-0.15, -0.1) is 11.8 Å². The van der Waals surface area contributed by atoms with Crippen LogP contribution in [0.2, 0.25) is 0 Å². The van der Waals surface area contributed by atoms with Crippen LogP contribution in [0.5, 0.6) is 0 Å². The molecule has 110 valence electrons. The summed E-state index contributed by atoms with van der Waals surface area (Å²) in [5.41, 5.74) is 0. The number of aliphatic hydroxyl groups excluding tert-OH is 1. The van der Waals surface area contributed by atoms with Gasteiger partial charge in [-0.05, 0) is 37.8 Å². The predicted molar refractivity (Wildman–Crippen MR) is 89.9 cm³/mol. The van der Waals surface area contributed by atoms with Crippen LogP contribution < -0.4 is 0 Å². The average molecular weight is 310 g/mol. The van der Waals surface area contributed by atoms with Crippen molar-refractivity contribution in [1.82, 2.24) is 0 Å². The van der Waals surface area contributed by atoms with Gasteiger partial charge >= 0.3 is 0 Å². The van der Waals surface area contributed by atoms with Crippen LogP contribution in [0.15, 0.2) is 57.4 Å². The Labute approximate surface area is 130 Å². The molecule has 0 amide bonds. The monoisotopic (exact) mass is 310 g/mol. The molecule has 0 aliphatic rings. The van der Waals surface area contributed by atoms with Crippen molar-refractivity contribution in [3.05, 3.63) is 52.5 Å². The first-order valence-corrected chi connectivity index (χ1v) is 8.74. The summed E-state index contributed by atoms with van der Waals surface area (Å²) in [5, 5.41) is 10.3. The van der Waals surface area contributed by atoms with Crippen LogP contribution >= 0.6 is 23.5 Å². The van der Waals surface area contributed by atoms with E-state index in [-0.39, 0.29) is 0 Å². The predicted octanol–water partition coefficient (Wildman–Crippen LogP) is 4.67. The van der Waals surface area contributed by atoms with Crippen molar-refractivity contribution in [3.63, 3.8) is 0 Å². The van der Waals surface area contributed by atoms with Gasteiger partial charge in [-0.3, -0.25) is 0 Å². The van der Waals surface area contributed by atoms with Crippen LogP contribution in [0.25, 0.3) is 0 Å². The van der Waals surface area contributed by atoms with E-state index in [0.29, 0.717) is 13.0 Å². The van der Waals surface area contributed by atoms with E-state index in [4.69, 9.17) is 4.74 Å². The van der Waals surface area contributed by atoms with Gasteiger partial charge in [-0.2, -0.15) is 0 Å².